The zero-order valence-corrected chi connectivity index (χ0v) is 19.5. The van der Waals surface area contributed by atoms with E-state index in [4.69, 9.17) is 4.42 Å². The molecule has 0 saturated carbocycles. The van der Waals surface area contributed by atoms with Crippen LogP contribution < -0.4 is 10.6 Å². The summed E-state index contributed by atoms with van der Waals surface area (Å²) in [7, 11) is 1.77. The van der Waals surface area contributed by atoms with Gasteiger partial charge < -0.3 is 19.6 Å². The molecule has 2 N–H and O–H groups in total. The second kappa shape index (κ2) is 10.3. The lowest BCUT2D eigenvalue weighted by atomic mass is 10.1. The van der Waals surface area contributed by atoms with E-state index in [1.54, 1.807) is 13.2 Å². The van der Waals surface area contributed by atoms with E-state index in [0.717, 1.165) is 34.8 Å². The van der Waals surface area contributed by atoms with E-state index in [1.807, 2.05) is 30.7 Å². The highest BCUT2D eigenvalue weighted by molar-refractivity contribution is 14.0. The number of fused-ring (bicyclic) bond motifs is 1. The zero-order valence-electron chi connectivity index (χ0n) is 17.1. The number of benzene rings is 2. The molecule has 0 fully saturated rings. The molecule has 0 aliphatic carbocycles. The smallest absolute Gasteiger partial charge is 0.191 e. The Morgan fingerprint density at radius 1 is 1.03 bits per heavy atom. The van der Waals surface area contributed by atoms with E-state index >= 15 is 0 Å². The van der Waals surface area contributed by atoms with E-state index in [0.29, 0.717) is 13.1 Å². The summed E-state index contributed by atoms with van der Waals surface area (Å²) in [6, 6.07) is 16.7. The first kappa shape index (κ1) is 21.9. The first-order chi connectivity index (χ1) is 14.2. The van der Waals surface area contributed by atoms with Gasteiger partial charge in [-0.2, -0.15) is 0 Å². The fraction of sp³-hybridized carbons (Fsp3) is 0.217. The van der Waals surface area contributed by atoms with Crippen molar-refractivity contribution in [3.8, 4) is 0 Å². The van der Waals surface area contributed by atoms with Crippen LogP contribution in [0.1, 0.15) is 22.5 Å². The van der Waals surface area contributed by atoms with Crippen LogP contribution in [0.3, 0.4) is 0 Å². The fourth-order valence-corrected chi connectivity index (χ4v) is 3.32. The van der Waals surface area contributed by atoms with E-state index in [2.05, 4.69) is 62.4 Å². The number of halogens is 1. The molecule has 0 radical (unpaired) electrons. The molecule has 156 valence electrons. The van der Waals surface area contributed by atoms with Crippen LogP contribution in [0.25, 0.3) is 11.0 Å². The van der Waals surface area contributed by atoms with Gasteiger partial charge >= 0.3 is 0 Å². The standard InChI is InChI=1S/C23H25N5O.HI/c1-17-20-5-3-4-6-21(20)29-22(17)14-27-23(24-2)26-13-18-7-9-19(10-8-18)15-28-12-11-25-16-28;/h3-12,16H,13-15H2,1-2H3,(H2,24,26,27);1H. The van der Waals surface area contributed by atoms with Crippen molar-refractivity contribution in [2.24, 2.45) is 4.99 Å². The third-order valence-electron chi connectivity index (χ3n) is 4.99. The fourth-order valence-electron chi connectivity index (χ4n) is 3.32. The monoisotopic (exact) mass is 515 g/mol. The number of nitrogens with one attached hydrogen (secondary N) is 2. The predicted octanol–water partition coefficient (Wildman–Crippen LogP) is 4.47. The van der Waals surface area contributed by atoms with Crippen molar-refractivity contribution in [1.82, 2.24) is 20.2 Å². The van der Waals surface area contributed by atoms with Gasteiger partial charge in [0, 0.05) is 43.5 Å². The van der Waals surface area contributed by atoms with Crippen molar-refractivity contribution in [2.75, 3.05) is 7.05 Å². The molecule has 6 nitrogen and oxygen atoms in total. The first-order valence-electron chi connectivity index (χ1n) is 9.68. The summed E-state index contributed by atoms with van der Waals surface area (Å²) in [4.78, 5) is 8.39. The molecule has 7 heteroatoms. The van der Waals surface area contributed by atoms with Crippen LogP contribution in [0.2, 0.25) is 0 Å². The topological polar surface area (TPSA) is 67.4 Å². The maximum atomic E-state index is 5.96. The summed E-state index contributed by atoms with van der Waals surface area (Å²) in [6.07, 6.45) is 5.59. The lowest BCUT2D eigenvalue weighted by molar-refractivity contribution is 0.534. The zero-order chi connectivity index (χ0) is 20.1. The molecule has 0 bridgehead atoms. The molecule has 0 atom stereocenters. The lowest BCUT2D eigenvalue weighted by Gasteiger charge is -2.12. The average Bonchev–Trinajstić information content (AvgIpc) is 3.37. The Balaban J connectivity index is 0.00000256. The van der Waals surface area contributed by atoms with Gasteiger partial charge in [0.1, 0.15) is 11.3 Å². The molecule has 2 heterocycles. The number of furan rings is 1. The lowest BCUT2D eigenvalue weighted by Crippen LogP contribution is -2.36. The summed E-state index contributed by atoms with van der Waals surface area (Å²) in [5.41, 5.74) is 4.52. The van der Waals surface area contributed by atoms with E-state index in [-0.39, 0.29) is 24.0 Å². The summed E-state index contributed by atoms with van der Waals surface area (Å²) in [6.45, 7) is 4.20. The van der Waals surface area contributed by atoms with Crippen LogP contribution in [0.4, 0.5) is 0 Å². The van der Waals surface area contributed by atoms with Crippen LogP contribution in [0, 0.1) is 6.92 Å². The minimum Gasteiger partial charge on any atom is -0.459 e. The second-order valence-corrected chi connectivity index (χ2v) is 6.98. The van der Waals surface area contributed by atoms with Gasteiger partial charge in [0.25, 0.3) is 0 Å². The van der Waals surface area contributed by atoms with Gasteiger partial charge in [0.2, 0.25) is 0 Å². The second-order valence-electron chi connectivity index (χ2n) is 6.98. The number of aryl methyl sites for hydroxylation is 1. The first-order valence-corrected chi connectivity index (χ1v) is 9.68. The number of aromatic nitrogens is 2. The van der Waals surface area contributed by atoms with E-state index in [1.165, 1.54) is 11.1 Å². The molecule has 4 aromatic rings. The minimum absolute atomic E-state index is 0. The Labute approximate surface area is 193 Å². The van der Waals surface area contributed by atoms with Crippen molar-refractivity contribution in [3.05, 3.63) is 89.7 Å². The maximum Gasteiger partial charge on any atom is 0.191 e. The number of guanidine groups is 1. The van der Waals surface area contributed by atoms with Gasteiger partial charge in [-0.05, 0) is 24.1 Å². The summed E-state index contributed by atoms with van der Waals surface area (Å²) >= 11 is 0. The molecule has 2 aromatic carbocycles. The van der Waals surface area contributed by atoms with Gasteiger partial charge in [0.05, 0.1) is 12.9 Å². The maximum absolute atomic E-state index is 5.96. The molecular weight excluding hydrogens is 489 g/mol. The van der Waals surface area contributed by atoms with E-state index in [9.17, 15) is 0 Å². The quantitative estimate of drug-likeness (QED) is 0.226. The summed E-state index contributed by atoms with van der Waals surface area (Å²) in [5.74, 6) is 1.67. The summed E-state index contributed by atoms with van der Waals surface area (Å²) in [5, 5.41) is 7.85. The highest BCUT2D eigenvalue weighted by Crippen LogP contribution is 2.24. The molecule has 30 heavy (non-hydrogen) atoms. The average molecular weight is 515 g/mol. The van der Waals surface area contributed by atoms with Gasteiger partial charge in [0.15, 0.2) is 5.96 Å². The third kappa shape index (κ3) is 5.21. The van der Waals surface area contributed by atoms with Crippen LogP contribution in [-0.4, -0.2) is 22.6 Å². The summed E-state index contributed by atoms with van der Waals surface area (Å²) < 4.78 is 8.02. The van der Waals surface area contributed by atoms with Crippen LogP contribution in [-0.2, 0) is 19.6 Å². The Bertz CT molecular complexity index is 1100. The van der Waals surface area contributed by atoms with Crippen molar-refractivity contribution in [3.63, 3.8) is 0 Å². The molecule has 0 amide bonds. The van der Waals surface area contributed by atoms with Crippen molar-refractivity contribution in [2.45, 2.75) is 26.6 Å². The number of nitrogens with zero attached hydrogens (tertiary/aromatic N) is 3. The third-order valence-corrected chi connectivity index (χ3v) is 4.99. The largest absolute Gasteiger partial charge is 0.459 e. The Kier molecular flexibility index (Phi) is 7.51. The molecule has 0 spiro atoms. The number of aliphatic imine (C=N–C) groups is 1. The number of para-hydroxylation sites is 1. The van der Waals surface area contributed by atoms with Crippen molar-refractivity contribution >= 4 is 40.9 Å². The molecule has 4 rings (SSSR count). The van der Waals surface area contributed by atoms with Crippen LogP contribution in [0.5, 0.6) is 0 Å². The highest BCUT2D eigenvalue weighted by atomic mass is 127. The van der Waals surface area contributed by atoms with Gasteiger partial charge in [-0.25, -0.2) is 4.98 Å². The van der Waals surface area contributed by atoms with E-state index < -0.39 is 0 Å². The molecule has 2 aromatic heterocycles. The number of rotatable bonds is 6. The number of hydrogen-bond donors (Lipinski definition) is 2. The van der Waals surface area contributed by atoms with Crippen molar-refractivity contribution < 1.29 is 4.42 Å². The van der Waals surface area contributed by atoms with Crippen LogP contribution >= 0.6 is 24.0 Å². The van der Waals surface area contributed by atoms with Crippen molar-refractivity contribution in [1.29, 1.82) is 0 Å². The van der Waals surface area contributed by atoms with Gasteiger partial charge in [-0.1, -0.05) is 42.5 Å². The molecule has 0 unspecified atom stereocenters. The Morgan fingerprint density at radius 2 is 1.77 bits per heavy atom. The normalized spacial score (nSPS) is 11.3. The molecular formula is C23H26IN5O. The molecule has 0 saturated heterocycles. The predicted molar refractivity (Wildman–Crippen MR) is 131 cm³/mol. The SMILES string of the molecule is CN=C(NCc1ccc(Cn2ccnc2)cc1)NCc1oc2ccccc2c1C.I. The minimum atomic E-state index is 0. The van der Waals surface area contributed by atoms with Crippen LogP contribution in [0.15, 0.2) is 76.7 Å². The Hall–Kier alpha value is -2.81. The number of hydrogen-bond acceptors (Lipinski definition) is 3. The highest BCUT2D eigenvalue weighted by Gasteiger charge is 2.10. The molecule has 0 aliphatic heterocycles. The van der Waals surface area contributed by atoms with Gasteiger partial charge in [-0.15, -0.1) is 24.0 Å². The Morgan fingerprint density at radius 3 is 2.47 bits per heavy atom. The van der Waals surface area contributed by atoms with Gasteiger partial charge in [-0.3, -0.25) is 4.99 Å². The molecule has 0 aliphatic rings. The number of imidazole rings is 1.